The Morgan fingerprint density at radius 2 is 2.37 bits per heavy atom. The average Bonchev–Trinajstić information content (AvgIpc) is 3.06. The van der Waals surface area contributed by atoms with Gasteiger partial charge in [-0.2, -0.15) is 4.37 Å². The first kappa shape index (κ1) is 12.4. The first-order valence-electron chi connectivity index (χ1n) is 5.89. The van der Waals surface area contributed by atoms with Crippen LogP contribution < -0.4 is 5.32 Å². The van der Waals surface area contributed by atoms with E-state index in [0.29, 0.717) is 0 Å². The zero-order valence-corrected chi connectivity index (χ0v) is 11.9. The van der Waals surface area contributed by atoms with Crippen molar-refractivity contribution in [2.24, 2.45) is 0 Å². The summed E-state index contributed by atoms with van der Waals surface area (Å²) >= 11 is 2.84. The van der Waals surface area contributed by atoms with E-state index >= 15 is 0 Å². The van der Waals surface area contributed by atoms with Gasteiger partial charge in [0, 0.05) is 18.9 Å². The molecule has 6 nitrogen and oxygen atoms in total. The van der Waals surface area contributed by atoms with Crippen molar-refractivity contribution in [2.45, 2.75) is 22.7 Å². The molecule has 0 fully saturated rings. The summed E-state index contributed by atoms with van der Waals surface area (Å²) in [5.74, 6) is 0.847. The molecule has 0 saturated heterocycles. The Hall–Kier alpha value is -1.67. The molecule has 3 rings (SSSR count). The Labute approximate surface area is 118 Å². The maximum Gasteiger partial charge on any atom is 0.176 e. The van der Waals surface area contributed by atoms with Gasteiger partial charge in [-0.3, -0.25) is 0 Å². The van der Waals surface area contributed by atoms with E-state index < -0.39 is 0 Å². The molecule has 98 valence electrons. The topological polar surface area (TPSA) is 68.0 Å². The summed E-state index contributed by atoms with van der Waals surface area (Å²) in [5.41, 5.74) is 0.835. The van der Waals surface area contributed by atoms with E-state index in [1.165, 1.54) is 23.3 Å². The van der Waals surface area contributed by atoms with E-state index in [2.05, 4.69) is 31.6 Å². The van der Waals surface area contributed by atoms with E-state index in [1.807, 2.05) is 16.8 Å². The normalized spacial score (nSPS) is 11.0. The average molecular weight is 292 g/mol. The van der Waals surface area contributed by atoms with Crippen LogP contribution in [0.2, 0.25) is 0 Å². The number of nitrogens with zero attached hydrogens (tertiary/aromatic N) is 5. The minimum absolute atomic E-state index is 0.835. The zero-order chi connectivity index (χ0) is 13.1. The second kappa shape index (κ2) is 5.54. The minimum atomic E-state index is 0.835. The van der Waals surface area contributed by atoms with Gasteiger partial charge in [0.1, 0.15) is 17.2 Å². The smallest absolute Gasteiger partial charge is 0.176 e. The number of fused-ring (bicyclic) bond motifs is 1. The predicted octanol–water partition coefficient (Wildman–Crippen LogP) is 2.55. The summed E-state index contributed by atoms with van der Waals surface area (Å²) < 4.78 is 6.83. The molecule has 1 N–H and O–H groups in total. The van der Waals surface area contributed by atoms with Gasteiger partial charge in [0.05, 0.1) is 6.20 Å². The van der Waals surface area contributed by atoms with E-state index in [-0.39, 0.29) is 0 Å². The number of hydrogen-bond donors (Lipinski definition) is 1. The predicted molar refractivity (Wildman–Crippen MR) is 75.8 cm³/mol. The first-order chi connectivity index (χ1) is 9.36. The molecule has 0 bridgehead atoms. The van der Waals surface area contributed by atoms with Crippen molar-refractivity contribution in [3.63, 3.8) is 0 Å². The summed E-state index contributed by atoms with van der Waals surface area (Å²) in [4.78, 5) is 13.1. The molecule has 0 aromatic carbocycles. The van der Waals surface area contributed by atoms with Crippen LogP contribution in [0.5, 0.6) is 0 Å². The molecule has 0 spiro atoms. The highest BCUT2D eigenvalue weighted by Crippen LogP contribution is 2.30. The molecule has 3 heterocycles. The fourth-order valence-corrected chi connectivity index (χ4v) is 3.05. The van der Waals surface area contributed by atoms with Crippen LogP contribution >= 0.6 is 23.3 Å². The molecule has 0 radical (unpaired) electrons. The van der Waals surface area contributed by atoms with Crippen molar-refractivity contribution < 1.29 is 0 Å². The Balaban J connectivity index is 1.97. The summed E-state index contributed by atoms with van der Waals surface area (Å²) in [6.07, 6.45) is 8.24. The number of rotatable bonds is 5. The summed E-state index contributed by atoms with van der Waals surface area (Å²) in [5, 5.41) is 4.13. The van der Waals surface area contributed by atoms with Crippen LogP contribution in [0.25, 0.3) is 5.65 Å². The van der Waals surface area contributed by atoms with Gasteiger partial charge < -0.3 is 9.72 Å². The monoisotopic (exact) mass is 292 g/mol. The van der Waals surface area contributed by atoms with Crippen molar-refractivity contribution in [2.75, 3.05) is 11.9 Å². The molecule has 0 unspecified atom stereocenters. The lowest BCUT2D eigenvalue weighted by Crippen LogP contribution is -2.04. The molecule has 0 aliphatic heterocycles. The van der Waals surface area contributed by atoms with Crippen LogP contribution in [0.15, 0.2) is 34.3 Å². The number of nitrogens with one attached hydrogen (secondary N) is 1. The van der Waals surface area contributed by atoms with Gasteiger partial charge in [-0.1, -0.05) is 6.92 Å². The minimum Gasteiger partial charge on any atom is -0.369 e. The lowest BCUT2D eigenvalue weighted by Gasteiger charge is -2.07. The van der Waals surface area contributed by atoms with Crippen LogP contribution in [0, 0.1) is 0 Å². The summed E-state index contributed by atoms with van der Waals surface area (Å²) in [6, 6.07) is 0. The second-order valence-corrected chi connectivity index (χ2v) is 5.84. The van der Waals surface area contributed by atoms with Crippen molar-refractivity contribution >= 4 is 34.8 Å². The molecule has 3 aromatic heterocycles. The quantitative estimate of drug-likeness (QED) is 0.779. The molecular formula is C11H12N6S2. The molecule has 0 saturated carbocycles. The summed E-state index contributed by atoms with van der Waals surface area (Å²) in [7, 11) is 0. The molecule has 0 aliphatic rings. The Morgan fingerprint density at radius 3 is 3.16 bits per heavy atom. The molecule has 0 amide bonds. The molecular weight excluding hydrogens is 280 g/mol. The SMILES string of the molecule is CCCNc1cn2ccnc2c(Sc2ncns2)n1. The highest BCUT2D eigenvalue weighted by molar-refractivity contribution is 8.01. The standard InChI is InChI=1S/C11H12N6S2/c1-2-3-12-8-6-17-5-4-13-9(17)10(16-8)18-11-14-7-15-19-11/h4-7,12H,2-3H2,1H3. The maximum atomic E-state index is 4.59. The summed E-state index contributed by atoms with van der Waals surface area (Å²) in [6.45, 7) is 3.02. The van der Waals surface area contributed by atoms with Crippen LogP contribution in [0.4, 0.5) is 5.82 Å². The van der Waals surface area contributed by atoms with E-state index in [1.54, 1.807) is 12.5 Å². The number of hydrogen-bond acceptors (Lipinski definition) is 7. The molecule has 0 atom stereocenters. The maximum absolute atomic E-state index is 4.59. The molecule has 19 heavy (non-hydrogen) atoms. The number of imidazole rings is 1. The van der Waals surface area contributed by atoms with Crippen LogP contribution in [0.3, 0.4) is 0 Å². The van der Waals surface area contributed by atoms with Gasteiger partial charge in [0.25, 0.3) is 0 Å². The van der Waals surface area contributed by atoms with E-state index in [9.17, 15) is 0 Å². The van der Waals surface area contributed by atoms with Crippen molar-refractivity contribution in [3.8, 4) is 0 Å². The largest absolute Gasteiger partial charge is 0.369 e. The Bertz CT molecular complexity index is 663. The van der Waals surface area contributed by atoms with Gasteiger partial charge in [0.15, 0.2) is 9.99 Å². The van der Waals surface area contributed by atoms with Crippen LogP contribution in [0.1, 0.15) is 13.3 Å². The number of aromatic nitrogens is 5. The van der Waals surface area contributed by atoms with E-state index in [0.717, 1.165) is 33.8 Å². The van der Waals surface area contributed by atoms with Gasteiger partial charge in [-0.15, -0.1) is 0 Å². The molecule has 0 aliphatic carbocycles. The molecule has 3 aromatic rings. The van der Waals surface area contributed by atoms with E-state index in [4.69, 9.17) is 0 Å². The second-order valence-electron chi connectivity index (χ2n) is 3.83. The van der Waals surface area contributed by atoms with Crippen molar-refractivity contribution in [1.82, 2.24) is 23.7 Å². The van der Waals surface area contributed by atoms with Gasteiger partial charge in [-0.25, -0.2) is 15.0 Å². The Morgan fingerprint density at radius 1 is 1.42 bits per heavy atom. The zero-order valence-electron chi connectivity index (χ0n) is 10.3. The lowest BCUT2D eigenvalue weighted by molar-refractivity contribution is 0.944. The van der Waals surface area contributed by atoms with Gasteiger partial charge in [-0.05, 0) is 29.7 Å². The number of anilines is 1. The molecule has 8 heteroatoms. The first-order valence-corrected chi connectivity index (χ1v) is 7.48. The van der Waals surface area contributed by atoms with Gasteiger partial charge in [0.2, 0.25) is 0 Å². The Kier molecular flexibility index (Phi) is 3.60. The van der Waals surface area contributed by atoms with Crippen molar-refractivity contribution in [3.05, 3.63) is 24.9 Å². The third kappa shape index (κ3) is 2.69. The third-order valence-electron chi connectivity index (χ3n) is 2.42. The third-order valence-corrected chi connectivity index (χ3v) is 4.11. The van der Waals surface area contributed by atoms with Crippen LogP contribution in [-0.2, 0) is 0 Å². The fraction of sp³-hybridized carbons (Fsp3) is 0.273. The lowest BCUT2D eigenvalue weighted by atomic mass is 10.5. The highest BCUT2D eigenvalue weighted by atomic mass is 32.2. The highest BCUT2D eigenvalue weighted by Gasteiger charge is 2.10. The van der Waals surface area contributed by atoms with Crippen molar-refractivity contribution in [1.29, 1.82) is 0 Å². The van der Waals surface area contributed by atoms with Gasteiger partial charge >= 0.3 is 0 Å². The fourth-order valence-electron chi connectivity index (χ4n) is 1.60. The van der Waals surface area contributed by atoms with Crippen LogP contribution in [-0.4, -0.2) is 30.3 Å².